The Morgan fingerprint density at radius 3 is 2.50 bits per heavy atom. The van der Waals surface area contributed by atoms with E-state index < -0.39 is 10.0 Å². The first-order chi connectivity index (χ1) is 10.3. The Bertz CT molecular complexity index is 780. The highest BCUT2D eigenvalue weighted by atomic mass is 32.2. The van der Waals surface area contributed by atoms with Crippen molar-refractivity contribution in [2.75, 3.05) is 14.1 Å². The minimum Gasteiger partial charge on any atom is -0.347 e. The number of thiophene rings is 1. The average Bonchev–Trinajstić information content (AvgIpc) is 2.91. The van der Waals surface area contributed by atoms with Gasteiger partial charge < -0.3 is 5.32 Å². The highest BCUT2D eigenvalue weighted by molar-refractivity contribution is 7.89. The lowest BCUT2D eigenvalue weighted by Crippen LogP contribution is -2.27. The topological polar surface area (TPSA) is 66.5 Å². The van der Waals surface area contributed by atoms with Crippen LogP contribution in [0, 0.1) is 6.92 Å². The maximum atomic E-state index is 12.3. The number of carbonyl (C=O) groups excluding carboxylic acids is 1. The molecule has 0 unspecified atom stereocenters. The van der Waals surface area contributed by atoms with E-state index in [2.05, 4.69) is 5.32 Å². The molecule has 1 N–H and O–H groups in total. The van der Waals surface area contributed by atoms with Gasteiger partial charge in [0.1, 0.15) is 0 Å². The molecule has 2 aromatic rings. The van der Waals surface area contributed by atoms with Gasteiger partial charge in [0.25, 0.3) is 5.91 Å². The average molecular weight is 338 g/mol. The fourth-order valence-electron chi connectivity index (χ4n) is 1.96. The van der Waals surface area contributed by atoms with Gasteiger partial charge in [-0.3, -0.25) is 4.79 Å². The van der Waals surface area contributed by atoms with Crippen LogP contribution in [0.1, 0.15) is 20.8 Å². The maximum Gasteiger partial charge on any atom is 0.261 e. The number of hydrogen-bond donors (Lipinski definition) is 1. The summed E-state index contributed by atoms with van der Waals surface area (Å²) < 4.78 is 25.8. The number of rotatable bonds is 5. The van der Waals surface area contributed by atoms with Gasteiger partial charge >= 0.3 is 0 Å². The number of amides is 1. The van der Waals surface area contributed by atoms with Crippen molar-refractivity contribution in [3.05, 3.63) is 51.7 Å². The third-order valence-corrected chi connectivity index (χ3v) is 6.17. The van der Waals surface area contributed by atoms with E-state index in [0.29, 0.717) is 10.4 Å². The van der Waals surface area contributed by atoms with E-state index in [1.807, 2.05) is 18.4 Å². The highest BCUT2D eigenvalue weighted by Gasteiger charge is 2.21. The number of nitrogens with zero attached hydrogens (tertiary/aromatic N) is 1. The molecule has 7 heteroatoms. The maximum absolute atomic E-state index is 12.3. The first-order valence-corrected chi connectivity index (χ1v) is 8.98. The van der Waals surface area contributed by atoms with Gasteiger partial charge in [-0.05, 0) is 35.6 Å². The summed E-state index contributed by atoms with van der Waals surface area (Å²) >= 11 is 1.37. The van der Waals surface area contributed by atoms with Gasteiger partial charge in [-0.2, -0.15) is 0 Å². The van der Waals surface area contributed by atoms with Crippen LogP contribution in [-0.4, -0.2) is 32.7 Å². The van der Waals surface area contributed by atoms with Gasteiger partial charge in [-0.25, -0.2) is 12.7 Å². The van der Waals surface area contributed by atoms with Crippen LogP contribution < -0.4 is 5.32 Å². The fraction of sp³-hybridized carbons (Fsp3) is 0.267. The third kappa shape index (κ3) is 3.37. The molecule has 1 heterocycles. The Labute approximate surface area is 134 Å². The number of sulfonamides is 1. The zero-order valence-corrected chi connectivity index (χ0v) is 14.3. The van der Waals surface area contributed by atoms with Crippen LogP contribution >= 0.6 is 11.3 Å². The molecule has 118 valence electrons. The van der Waals surface area contributed by atoms with Crippen LogP contribution in [0.4, 0.5) is 0 Å². The molecule has 22 heavy (non-hydrogen) atoms. The summed E-state index contributed by atoms with van der Waals surface area (Å²) in [6.07, 6.45) is 0. The number of aryl methyl sites for hydroxylation is 1. The first kappa shape index (κ1) is 16.7. The summed E-state index contributed by atoms with van der Waals surface area (Å²) in [6.45, 7) is 2.04. The minimum atomic E-state index is -3.53. The number of nitrogens with one attached hydrogen (secondary N) is 1. The van der Waals surface area contributed by atoms with E-state index in [1.54, 1.807) is 24.3 Å². The molecule has 1 amide bonds. The molecule has 5 nitrogen and oxygen atoms in total. The van der Waals surface area contributed by atoms with Crippen molar-refractivity contribution in [3.8, 4) is 0 Å². The number of benzene rings is 1. The predicted molar refractivity (Wildman–Crippen MR) is 87.5 cm³/mol. The summed E-state index contributed by atoms with van der Waals surface area (Å²) in [5, 5.41) is 4.64. The fourth-order valence-corrected chi connectivity index (χ4v) is 3.92. The van der Waals surface area contributed by atoms with Crippen molar-refractivity contribution < 1.29 is 13.2 Å². The highest BCUT2D eigenvalue weighted by Crippen LogP contribution is 2.19. The van der Waals surface area contributed by atoms with E-state index in [-0.39, 0.29) is 17.3 Å². The van der Waals surface area contributed by atoms with Crippen LogP contribution in [-0.2, 0) is 16.6 Å². The SMILES string of the molecule is Cc1ccsc1C(=O)NCc1ccccc1S(=O)(=O)N(C)C. The van der Waals surface area contributed by atoms with Crippen molar-refractivity contribution in [1.29, 1.82) is 0 Å². The van der Waals surface area contributed by atoms with Gasteiger partial charge in [0, 0.05) is 20.6 Å². The van der Waals surface area contributed by atoms with Crippen molar-refractivity contribution in [2.24, 2.45) is 0 Å². The van der Waals surface area contributed by atoms with Gasteiger partial charge in [0.05, 0.1) is 9.77 Å². The molecular formula is C15H18N2O3S2. The Hall–Kier alpha value is -1.70. The molecule has 0 aliphatic rings. The largest absolute Gasteiger partial charge is 0.347 e. The summed E-state index contributed by atoms with van der Waals surface area (Å²) in [4.78, 5) is 13.0. The van der Waals surface area contributed by atoms with Crippen molar-refractivity contribution in [1.82, 2.24) is 9.62 Å². The first-order valence-electron chi connectivity index (χ1n) is 6.66. The van der Waals surface area contributed by atoms with E-state index in [0.717, 1.165) is 9.87 Å². The Morgan fingerprint density at radius 1 is 1.23 bits per heavy atom. The lowest BCUT2D eigenvalue weighted by Gasteiger charge is -2.15. The van der Waals surface area contributed by atoms with Crippen molar-refractivity contribution in [3.63, 3.8) is 0 Å². The lowest BCUT2D eigenvalue weighted by atomic mass is 10.2. The molecule has 2 rings (SSSR count). The van der Waals surface area contributed by atoms with E-state index >= 15 is 0 Å². The molecule has 0 spiro atoms. The molecule has 0 radical (unpaired) electrons. The number of carbonyl (C=O) groups is 1. The Kier molecular flexibility index (Phi) is 5.00. The monoisotopic (exact) mass is 338 g/mol. The molecule has 0 atom stereocenters. The van der Waals surface area contributed by atoms with Gasteiger partial charge in [-0.15, -0.1) is 11.3 Å². The van der Waals surface area contributed by atoms with Crippen LogP contribution in [0.3, 0.4) is 0 Å². The summed E-state index contributed by atoms with van der Waals surface area (Å²) in [5.41, 5.74) is 1.48. The lowest BCUT2D eigenvalue weighted by molar-refractivity contribution is 0.0954. The summed E-state index contributed by atoms with van der Waals surface area (Å²) in [6, 6.07) is 8.56. The van der Waals surface area contributed by atoms with Crippen LogP contribution in [0.2, 0.25) is 0 Å². The summed E-state index contributed by atoms with van der Waals surface area (Å²) in [5.74, 6) is -0.190. The van der Waals surface area contributed by atoms with Gasteiger partial charge in [-0.1, -0.05) is 18.2 Å². The van der Waals surface area contributed by atoms with E-state index in [9.17, 15) is 13.2 Å². The van der Waals surface area contributed by atoms with E-state index in [4.69, 9.17) is 0 Å². The Balaban J connectivity index is 2.21. The molecule has 1 aromatic carbocycles. The second kappa shape index (κ2) is 6.60. The second-order valence-corrected chi connectivity index (χ2v) is 8.05. The van der Waals surface area contributed by atoms with E-state index in [1.165, 1.54) is 25.4 Å². The summed E-state index contributed by atoms with van der Waals surface area (Å²) in [7, 11) is -0.561. The normalized spacial score (nSPS) is 11.6. The molecule has 0 fully saturated rings. The molecule has 0 bridgehead atoms. The smallest absolute Gasteiger partial charge is 0.261 e. The third-order valence-electron chi connectivity index (χ3n) is 3.24. The quantitative estimate of drug-likeness (QED) is 0.909. The molecule has 0 saturated carbocycles. The molecule has 0 saturated heterocycles. The zero-order valence-electron chi connectivity index (χ0n) is 12.7. The predicted octanol–water partition coefficient (Wildman–Crippen LogP) is 2.24. The molecule has 0 aliphatic heterocycles. The zero-order chi connectivity index (χ0) is 16.3. The van der Waals surface area contributed by atoms with Crippen molar-refractivity contribution in [2.45, 2.75) is 18.4 Å². The Morgan fingerprint density at radius 2 is 1.91 bits per heavy atom. The van der Waals surface area contributed by atoms with Gasteiger partial charge in [0.2, 0.25) is 10.0 Å². The molecule has 0 aliphatic carbocycles. The second-order valence-electron chi connectivity index (χ2n) is 5.01. The standard InChI is InChI=1S/C15H18N2O3S2/c1-11-8-9-21-14(11)15(18)16-10-12-6-4-5-7-13(12)22(19,20)17(2)3/h4-9H,10H2,1-3H3,(H,16,18). The molecule has 1 aromatic heterocycles. The molecular weight excluding hydrogens is 320 g/mol. The van der Waals surface area contributed by atoms with Crippen LogP contribution in [0.25, 0.3) is 0 Å². The minimum absolute atomic E-state index is 0.166. The van der Waals surface area contributed by atoms with Crippen LogP contribution in [0.5, 0.6) is 0 Å². The van der Waals surface area contributed by atoms with Crippen LogP contribution in [0.15, 0.2) is 40.6 Å². The number of hydrogen-bond acceptors (Lipinski definition) is 4. The van der Waals surface area contributed by atoms with Gasteiger partial charge in [0.15, 0.2) is 0 Å². The van der Waals surface area contributed by atoms with Crippen molar-refractivity contribution >= 4 is 27.3 Å².